The third kappa shape index (κ3) is 2.27. The van der Waals surface area contributed by atoms with Gasteiger partial charge in [0, 0.05) is 0 Å². The van der Waals surface area contributed by atoms with Crippen LogP contribution >= 0.6 is 0 Å². The fourth-order valence-corrected chi connectivity index (χ4v) is 1.85. The summed E-state index contributed by atoms with van der Waals surface area (Å²) in [5.74, 6) is 0. The van der Waals surface area contributed by atoms with E-state index in [0.29, 0.717) is 17.2 Å². The molecule has 0 bridgehead atoms. The summed E-state index contributed by atoms with van der Waals surface area (Å²) in [7, 11) is 0. The number of aldehydes is 1. The van der Waals surface area contributed by atoms with Crippen LogP contribution in [0.5, 0.6) is 0 Å². The first kappa shape index (κ1) is 12.4. The third-order valence-corrected chi connectivity index (χ3v) is 2.62. The van der Waals surface area contributed by atoms with Crippen molar-refractivity contribution < 1.29 is 18.0 Å². The first-order valence-corrected chi connectivity index (χ1v) is 5.25. The number of hydrogen-bond donors (Lipinski definition) is 0. The van der Waals surface area contributed by atoms with Gasteiger partial charge in [-0.25, -0.2) is 0 Å². The first-order chi connectivity index (χ1) is 8.54. The molecule has 0 fully saturated rings. The molecule has 0 atom stereocenters. The number of halogens is 3. The van der Waals surface area contributed by atoms with Crippen molar-refractivity contribution in [3.8, 4) is 11.1 Å². The van der Waals surface area contributed by atoms with E-state index in [1.54, 1.807) is 36.4 Å². The van der Waals surface area contributed by atoms with Crippen LogP contribution in [-0.4, -0.2) is 12.5 Å². The van der Waals surface area contributed by atoms with Gasteiger partial charge in [-0.2, -0.15) is 13.2 Å². The molecule has 0 unspecified atom stereocenters. The lowest BCUT2D eigenvalue weighted by Crippen LogP contribution is -2.10. The molecule has 2 aliphatic rings. The van der Waals surface area contributed by atoms with Gasteiger partial charge in [-0.05, 0) is 22.8 Å². The number of allylic oxidation sites excluding steroid dienone is 2. The van der Waals surface area contributed by atoms with Crippen LogP contribution < -0.4 is 0 Å². The molecule has 2 aliphatic carbocycles. The second kappa shape index (κ2) is 4.64. The Morgan fingerprint density at radius 1 is 1.00 bits per heavy atom. The molecule has 18 heavy (non-hydrogen) atoms. The van der Waals surface area contributed by atoms with E-state index in [1.165, 1.54) is 6.07 Å². The molecule has 0 N–H and O–H groups in total. The standard InChI is InChI=1S/C14H9F3O/c15-14(16,17)13(8-9-18)12-7-6-10-4-2-1-3-5-11(10)12/h1-9H. The molecule has 92 valence electrons. The van der Waals surface area contributed by atoms with Crippen molar-refractivity contribution >= 4 is 11.9 Å². The van der Waals surface area contributed by atoms with Gasteiger partial charge in [0.25, 0.3) is 0 Å². The Morgan fingerprint density at radius 2 is 1.72 bits per heavy atom. The molecule has 0 heterocycles. The quantitative estimate of drug-likeness (QED) is 0.583. The Bertz CT molecular complexity index is 570. The normalized spacial score (nSPS) is 12.7. The lowest BCUT2D eigenvalue weighted by molar-refractivity contribution is -0.104. The molecule has 0 saturated carbocycles. The van der Waals surface area contributed by atoms with Gasteiger partial charge < -0.3 is 0 Å². The zero-order valence-corrected chi connectivity index (χ0v) is 9.24. The van der Waals surface area contributed by atoms with Crippen molar-refractivity contribution in [2.24, 2.45) is 0 Å². The van der Waals surface area contributed by atoms with Gasteiger partial charge in [0.05, 0.1) is 5.57 Å². The summed E-state index contributed by atoms with van der Waals surface area (Å²) < 4.78 is 38.6. The van der Waals surface area contributed by atoms with Crippen molar-refractivity contribution in [3.63, 3.8) is 0 Å². The Kier molecular flexibility index (Phi) is 3.19. The molecular weight excluding hydrogens is 241 g/mol. The maximum absolute atomic E-state index is 12.9. The highest BCUT2D eigenvalue weighted by atomic mass is 19.4. The zero-order valence-electron chi connectivity index (χ0n) is 9.24. The van der Waals surface area contributed by atoms with E-state index in [4.69, 9.17) is 0 Å². The lowest BCUT2D eigenvalue weighted by atomic mass is 10.0. The SMILES string of the molecule is O=CC=C(c1ccc2cccccc1-2)C(F)(F)F. The summed E-state index contributed by atoms with van der Waals surface area (Å²) in [6.45, 7) is 0. The Balaban J connectivity index is 2.63. The Hall–Kier alpha value is -2.10. The van der Waals surface area contributed by atoms with E-state index in [0.717, 1.165) is 0 Å². The Morgan fingerprint density at radius 3 is 2.39 bits per heavy atom. The van der Waals surface area contributed by atoms with E-state index in [-0.39, 0.29) is 11.8 Å². The van der Waals surface area contributed by atoms with Crippen LogP contribution in [-0.2, 0) is 4.79 Å². The van der Waals surface area contributed by atoms with Crippen molar-refractivity contribution in [1.29, 1.82) is 0 Å². The molecule has 1 nitrogen and oxygen atoms in total. The molecule has 0 radical (unpaired) electrons. The van der Waals surface area contributed by atoms with Gasteiger partial charge in [0.2, 0.25) is 0 Å². The summed E-state index contributed by atoms with van der Waals surface area (Å²) in [5.41, 5.74) is 0.293. The van der Waals surface area contributed by atoms with Crippen LogP contribution in [0.25, 0.3) is 16.7 Å². The zero-order chi connectivity index (χ0) is 13.2. The molecule has 0 aromatic rings. The monoisotopic (exact) mass is 250 g/mol. The minimum absolute atomic E-state index is 0.0285. The van der Waals surface area contributed by atoms with Crippen LogP contribution in [0.15, 0.2) is 48.5 Å². The summed E-state index contributed by atoms with van der Waals surface area (Å²) in [6, 6.07) is 11.5. The van der Waals surface area contributed by atoms with Gasteiger partial charge in [-0.1, -0.05) is 42.5 Å². The highest BCUT2D eigenvalue weighted by Crippen LogP contribution is 2.40. The Labute approximate surface area is 102 Å². The minimum atomic E-state index is -4.55. The van der Waals surface area contributed by atoms with Gasteiger partial charge in [-0.15, -0.1) is 0 Å². The number of carbonyl (C=O) groups excluding carboxylic acids is 1. The van der Waals surface area contributed by atoms with Gasteiger partial charge in [-0.3, -0.25) is 4.79 Å². The average Bonchev–Trinajstić information content (AvgIpc) is 2.54. The summed E-state index contributed by atoms with van der Waals surface area (Å²) in [4.78, 5) is 10.4. The molecular formula is C14H9F3O. The number of fused-ring (bicyclic) bond motifs is 1. The van der Waals surface area contributed by atoms with E-state index in [2.05, 4.69) is 0 Å². The van der Waals surface area contributed by atoms with E-state index >= 15 is 0 Å². The molecule has 2 rings (SSSR count). The maximum Gasteiger partial charge on any atom is 0.417 e. The number of carbonyl (C=O) groups is 1. The topological polar surface area (TPSA) is 17.1 Å². The molecule has 0 saturated heterocycles. The molecule has 0 spiro atoms. The predicted octanol–water partition coefficient (Wildman–Crippen LogP) is 3.94. The number of alkyl halides is 3. The maximum atomic E-state index is 12.9. The van der Waals surface area contributed by atoms with Gasteiger partial charge in [0.1, 0.15) is 6.29 Å². The van der Waals surface area contributed by atoms with Crippen molar-refractivity contribution in [1.82, 2.24) is 0 Å². The second-order valence-corrected chi connectivity index (χ2v) is 3.74. The summed E-state index contributed by atoms with van der Waals surface area (Å²) >= 11 is 0. The van der Waals surface area contributed by atoms with Gasteiger partial charge in [0.15, 0.2) is 0 Å². The highest BCUT2D eigenvalue weighted by Gasteiger charge is 2.36. The van der Waals surface area contributed by atoms with Crippen LogP contribution in [0, 0.1) is 0 Å². The van der Waals surface area contributed by atoms with Crippen molar-refractivity contribution in [3.05, 3.63) is 54.1 Å². The molecule has 0 aromatic heterocycles. The molecule has 4 heteroatoms. The minimum Gasteiger partial charge on any atom is -0.299 e. The molecule has 0 amide bonds. The number of hydrogen-bond acceptors (Lipinski definition) is 1. The van der Waals surface area contributed by atoms with Crippen LogP contribution in [0.1, 0.15) is 5.56 Å². The van der Waals surface area contributed by atoms with E-state index in [9.17, 15) is 18.0 Å². The largest absolute Gasteiger partial charge is 0.417 e. The first-order valence-electron chi connectivity index (χ1n) is 5.25. The predicted molar refractivity (Wildman–Crippen MR) is 63.2 cm³/mol. The highest BCUT2D eigenvalue weighted by molar-refractivity contribution is 5.91. The van der Waals surface area contributed by atoms with Gasteiger partial charge >= 0.3 is 6.18 Å². The molecule has 0 aliphatic heterocycles. The summed E-state index contributed by atoms with van der Waals surface area (Å²) in [5, 5.41) is 0. The number of rotatable bonds is 2. The second-order valence-electron chi connectivity index (χ2n) is 3.74. The summed E-state index contributed by atoms with van der Waals surface area (Å²) in [6.07, 6.45) is -3.83. The van der Waals surface area contributed by atoms with E-state index < -0.39 is 11.7 Å². The fraction of sp³-hybridized carbons (Fsp3) is 0.0714. The van der Waals surface area contributed by atoms with Crippen molar-refractivity contribution in [2.75, 3.05) is 0 Å². The third-order valence-electron chi connectivity index (χ3n) is 2.62. The van der Waals surface area contributed by atoms with Crippen LogP contribution in [0.2, 0.25) is 0 Å². The molecule has 0 aromatic carbocycles. The lowest BCUT2D eigenvalue weighted by Gasteiger charge is -2.11. The van der Waals surface area contributed by atoms with Crippen LogP contribution in [0.3, 0.4) is 0 Å². The van der Waals surface area contributed by atoms with E-state index in [1.807, 2.05) is 0 Å². The smallest absolute Gasteiger partial charge is 0.299 e. The fourth-order valence-electron chi connectivity index (χ4n) is 1.85. The van der Waals surface area contributed by atoms with Crippen molar-refractivity contribution in [2.45, 2.75) is 6.18 Å². The average molecular weight is 250 g/mol. The van der Waals surface area contributed by atoms with Crippen LogP contribution in [0.4, 0.5) is 13.2 Å².